The summed E-state index contributed by atoms with van der Waals surface area (Å²) in [5, 5.41) is 11.9. The van der Waals surface area contributed by atoms with Crippen LogP contribution in [0.2, 0.25) is 5.02 Å². The van der Waals surface area contributed by atoms with Crippen molar-refractivity contribution in [3.05, 3.63) is 53.1 Å². The molecule has 0 heterocycles. The van der Waals surface area contributed by atoms with Gasteiger partial charge in [-0.15, -0.1) is 0 Å². The highest BCUT2D eigenvalue weighted by molar-refractivity contribution is 6.32. The van der Waals surface area contributed by atoms with Gasteiger partial charge in [-0.1, -0.05) is 23.7 Å². The van der Waals surface area contributed by atoms with Gasteiger partial charge < -0.3 is 19.9 Å². The minimum Gasteiger partial charge on any atom is -0.507 e. The third-order valence-electron chi connectivity index (χ3n) is 3.19. The highest BCUT2D eigenvalue weighted by Crippen LogP contribution is 2.29. The first kappa shape index (κ1) is 19.5. The minimum atomic E-state index is -3.03. The van der Waals surface area contributed by atoms with Gasteiger partial charge in [0.2, 0.25) is 0 Å². The second-order valence-corrected chi connectivity index (χ2v) is 5.48. The number of esters is 1. The highest BCUT2D eigenvalue weighted by atomic mass is 35.5. The number of hydrogen-bond acceptors (Lipinski definition) is 5. The number of ether oxygens (including phenoxy) is 2. The predicted octanol–water partition coefficient (Wildman–Crippen LogP) is 3.83. The van der Waals surface area contributed by atoms with Gasteiger partial charge in [0.25, 0.3) is 5.91 Å². The first-order chi connectivity index (χ1) is 12.3. The molecule has 0 aliphatic rings. The molecule has 26 heavy (non-hydrogen) atoms. The van der Waals surface area contributed by atoms with Crippen molar-refractivity contribution in [1.82, 2.24) is 0 Å². The molecule has 2 rings (SSSR count). The Morgan fingerprint density at radius 2 is 1.88 bits per heavy atom. The SMILES string of the molecule is CC(OC(=O)c1ccccc1O)C(=O)Nc1ccc(OC(F)F)c(Cl)c1. The summed E-state index contributed by atoms with van der Waals surface area (Å²) in [4.78, 5) is 24.1. The molecule has 0 aliphatic carbocycles. The summed E-state index contributed by atoms with van der Waals surface area (Å²) in [5.41, 5.74) is 0.121. The molecule has 1 atom stereocenters. The van der Waals surface area contributed by atoms with Crippen LogP contribution in [0, 0.1) is 0 Å². The number of phenols is 1. The second-order valence-electron chi connectivity index (χ2n) is 5.08. The van der Waals surface area contributed by atoms with Gasteiger partial charge in [0.05, 0.1) is 5.02 Å². The number of amides is 1. The molecule has 0 aromatic heterocycles. The lowest BCUT2D eigenvalue weighted by Gasteiger charge is -2.14. The second kappa shape index (κ2) is 8.48. The van der Waals surface area contributed by atoms with Crippen LogP contribution in [0.5, 0.6) is 11.5 Å². The Kier molecular flexibility index (Phi) is 6.35. The Bertz CT molecular complexity index is 815. The number of benzene rings is 2. The molecule has 0 aliphatic heterocycles. The number of carbonyl (C=O) groups excluding carboxylic acids is 2. The van der Waals surface area contributed by atoms with Crippen LogP contribution in [0.25, 0.3) is 0 Å². The van der Waals surface area contributed by atoms with E-state index in [-0.39, 0.29) is 27.8 Å². The van der Waals surface area contributed by atoms with E-state index in [0.717, 1.165) is 0 Å². The zero-order valence-corrected chi connectivity index (χ0v) is 14.2. The van der Waals surface area contributed by atoms with Gasteiger partial charge in [0.1, 0.15) is 17.1 Å². The van der Waals surface area contributed by atoms with Crippen LogP contribution in [0.3, 0.4) is 0 Å². The van der Waals surface area contributed by atoms with E-state index in [0.29, 0.717) is 0 Å². The number of nitrogens with one attached hydrogen (secondary N) is 1. The van der Waals surface area contributed by atoms with Crippen LogP contribution in [-0.4, -0.2) is 29.7 Å². The minimum absolute atomic E-state index is 0.0799. The lowest BCUT2D eigenvalue weighted by atomic mass is 10.2. The fourth-order valence-corrected chi connectivity index (χ4v) is 2.16. The molecule has 0 saturated carbocycles. The molecular weight excluding hydrogens is 372 g/mol. The molecule has 2 N–H and O–H groups in total. The van der Waals surface area contributed by atoms with Crippen molar-refractivity contribution in [2.45, 2.75) is 19.6 Å². The molecule has 2 aromatic carbocycles. The largest absolute Gasteiger partial charge is 0.507 e. The van der Waals surface area contributed by atoms with Gasteiger partial charge in [-0.05, 0) is 37.3 Å². The Balaban J connectivity index is 2.00. The molecule has 0 fully saturated rings. The molecule has 2 aromatic rings. The van der Waals surface area contributed by atoms with Crippen LogP contribution in [0.15, 0.2) is 42.5 Å². The van der Waals surface area contributed by atoms with Crippen molar-refractivity contribution in [2.75, 3.05) is 5.32 Å². The van der Waals surface area contributed by atoms with E-state index >= 15 is 0 Å². The Labute approximate surface area is 152 Å². The number of anilines is 1. The number of rotatable bonds is 6. The Morgan fingerprint density at radius 1 is 1.19 bits per heavy atom. The summed E-state index contributed by atoms with van der Waals surface area (Å²) in [7, 11) is 0. The van der Waals surface area contributed by atoms with Crippen LogP contribution < -0.4 is 10.1 Å². The predicted molar refractivity (Wildman–Crippen MR) is 89.7 cm³/mol. The van der Waals surface area contributed by atoms with Crippen molar-refractivity contribution < 1.29 is 33.0 Å². The molecular formula is C17H14ClF2NO5. The van der Waals surface area contributed by atoms with Crippen molar-refractivity contribution in [3.8, 4) is 11.5 Å². The summed E-state index contributed by atoms with van der Waals surface area (Å²) in [6.07, 6.45) is -1.18. The van der Waals surface area contributed by atoms with Crippen LogP contribution in [0.1, 0.15) is 17.3 Å². The van der Waals surface area contributed by atoms with E-state index < -0.39 is 24.6 Å². The maximum absolute atomic E-state index is 12.2. The van der Waals surface area contributed by atoms with Gasteiger partial charge in [-0.25, -0.2) is 4.79 Å². The summed E-state index contributed by atoms with van der Waals surface area (Å²) in [6.45, 7) is -1.69. The van der Waals surface area contributed by atoms with Crippen LogP contribution >= 0.6 is 11.6 Å². The molecule has 0 saturated heterocycles. The third kappa shape index (κ3) is 5.06. The number of para-hydroxylation sites is 1. The zero-order chi connectivity index (χ0) is 19.3. The van der Waals surface area contributed by atoms with Gasteiger partial charge >= 0.3 is 12.6 Å². The first-order valence-electron chi connectivity index (χ1n) is 7.32. The topological polar surface area (TPSA) is 84.9 Å². The summed E-state index contributed by atoms with van der Waals surface area (Å²) in [6, 6.07) is 9.42. The number of phenolic OH excluding ortho intramolecular Hbond substituents is 1. The summed E-state index contributed by atoms with van der Waals surface area (Å²) >= 11 is 5.80. The molecule has 6 nitrogen and oxygen atoms in total. The Hall–Kier alpha value is -2.87. The first-order valence-corrected chi connectivity index (χ1v) is 7.70. The van der Waals surface area contributed by atoms with E-state index in [1.165, 1.54) is 49.4 Å². The van der Waals surface area contributed by atoms with E-state index in [2.05, 4.69) is 10.1 Å². The van der Waals surface area contributed by atoms with E-state index in [1.807, 2.05) is 0 Å². The van der Waals surface area contributed by atoms with E-state index in [1.54, 1.807) is 0 Å². The molecule has 1 amide bonds. The molecule has 1 unspecified atom stereocenters. The normalized spacial score (nSPS) is 11.7. The highest BCUT2D eigenvalue weighted by Gasteiger charge is 2.21. The van der Waals surface area contributed by atoms with Gasteiger partial charge in [-0.3, -0.25) is 4.79 Å². The standard InChI is InChI=1S/C17H14ClF2NO5/c1-9(25-16(24)11-4-2-3-5-13(11)22)15(23)21-10-6-7-14(12(18)8-10)26-17(19)20/h2-9,17,22H,1H3,(H,21,23). The quantitative estimate of drug-likeness (QED) is 0.738. The van der Waals surface area contributed by atoms with Gasteiger partial charge in [0.15, 0.2) is 6.10 Å². The van der Waals surface area contributed by atoms with Crippen molar-refractivity contribution in [3.63, 3.8) is 0 Å². The van der Waals surface area contributed by atoms with Crippen molar-refractivity contribution in [1.29, 1.82) is 0 Å². The van der Waals surface area contributed by atoms with Gasteiger partial charge in [0, 0.05) is 5.69 Å². The van der Waals surface area contributed by atoms with E-state index in [4.69, 9.17) is 16.3 Å². The fourth-order valence-electron chi connectivity index (χ4n) is 1.94. The number of alkyl halides is 2. The Morgan fingerprint density at radius 3 is 2.50 bits per heavy atom. The lowest BCUT2D eigenvalue weighted by molar-refractivity contribution is -0.123. The van der Waals surface area contributed by atoms with Crippen LogP contribution in [-0.2, 0) is 9.53 Å². The smallest absolute Gasteiger partial charge is 0.387 e. The van der Waals surface area contributed by atoms with Crippen molar-refractivity contribution >= 4 is 29.2 Å². The monoisotopic (exact) mass is 385 g/mol. The molecule has 138 valence electrons. The third-order valence-corrected chi connectivity index (χ3v) is 3.49. The maximum Gasteiger partial charge on any atom is 0.387 e. The average Bonchev–Trinajstić information content (AvgIpc) is 2.57. The molecule has 0 bridgehead atoms. The maximum atomic E-state index is 12.2. The number of halogens is 3. The summed E-state index contributed by atoms with van der Waals surface area (Å²) in [5.74, 6) is -2.05. The molecule has 9 heteroatoms. The molecule has 0 spiro atoms. The number of hydrogen-bond donors (Lipinski definition) is 2. The van der Waals surface area contributed by atoms with Crippen LogP contribution in [0.4, 0.5) is 14.5 Å². The zero-order valence-electron chi connectivity index (χ0n) is 13.4. The fraction of sp³-hybridized carbons (Fsp3) is 0.176. The number of aromatic hydroxyl groups is 1. The lowest BCUT2D eigenvalue weighted by Crippen LogP contribution is -2.30. The van der Waals surface area contributed by atoms with Gasteiger partial charge in [-0.2, -0.15) is 8.78 Å². The molecule has 0 radical (unpaired) electrons. The van der Waals surface area contributed by atoms with Crippen molar-refractivity contribution in [2.24, 2.45) is 0 Å². The summed E-state index contributed by atoms with van der Waals surface area (Å²) < 4.78 is 33.6. The average molecular weight is 386 g/mol. The number of carbonyl (C=O) groups is 2. The van der Waals surface area contributed by atoms with E-state index in [9.17, 15) is 23.5 Å².